The number of allylic oxidation sites excluding steroid dienone is 7. The van der Waals surface area contributed by atoms with Crippen LogP contribution in [0.15, 0.2) is 205 Å². The predicted octanol–water partition coefficient (Wildman–Crippen LogP) is 18.1. The van der Waals surface area contributed by atoms with Gasteiger partial charge in [0.05, 0.1) is 23.0 Å². The van der Waals surface area contributed by atoms with E-state index < -0.39 is 0 Å². The second-order valence-corrected chi connectivity index (χ2v) is 18.3. The fourth-order valence-corrected chi connectivity index (χ4v) is 10.2. The molecule has 3 aliphatic heterocycles. The Morgan fingerprint density at radius 2 is 1.34 bits per heavy atom. The first-order chi connectivity index (χ1) is 34.5. The fraction of sp³-hybridized carbons (Fsp3) is 0.167. The van der Waals surface area contributed by atoms with Gasteiger partial charge in [-0.2, -0.15) is 0 Å². The largest absolute Gasteiger partial charge is 0.438 e. The van der Waals surface area contributed by atoms with E-state index in [9.17, 15) is 0 Å². The smallest absolute Gasteiger partial charge is 0.227 e. The molecule has 0 bridgehead atoms. The van der Waals surface area contributed by atoms with Crippen molar-refractivity contribution < 1.29 is 4.42 Å². The van der Waals surface area contributed by atoms with Crippen LogP contribution in [0.1, 0.15) is 88.8 Å². The van der Waals surface area contributed by atoms with Gasteiger partial charge in [0.1, 0.15) is 5.58 Å². The molecule has 0 radical (unpaired) electrons. The summed E-state index contributed by atoms with van der Waals surface area (Å²) in [6, 6.07) is 56.8. The minimum absolute atomic E-state index is 0.0643. The first kappa shape index (κ1) is 44.4. The maximum absolute atomic E-state index is 6.35. The zero-order valence-electron chi connectivity index (χ0n) is 40.7. The van der Waals surface area contributed by atoms with E-state index in [1.54, 1.807) is 0 Å². The molecule has 5 heterocycles. The highest BCUT2D eigenvalue weighted by atomic mass is 16.3. The van der Waals surface area contributed by atoms with E-state index in [-0.39, 0.29) is 5.92 Å². The lowest BCUT2D eigenvalue weighted by Crippen LogP contribution is -2.20. The molecule has 6 aromatic carbocycles. The van der Waals surface area contributed by atoms with Crippen molar-refractivity contribution in [1.82, 2.24) is 9.55 Å². The average molecular weight is 908 g/mol. The van der Waals surface area contributed by atoms with Crippen LogP contribution in [0, 0.1) is 12.0 Å². The van der Waals surface area contributed by atoms with Gasteiger partial charge in [-0.05, 0) is 161 Å². The van der Waals surface area contributed by atoms with Gasteiger partial charge >= 0.3 is 0 Å². The van der Waals surface area contributed by atoms with Gasteiger partial charge in [0.25, 0.3) is 0 Å². The Balaban J connectivity index is 0.00000263. The van der Waals surface area contributed by atoms with Crippen molar-refractivity contribution in [2.45, 2.75) is 72.1 Å². The summed E-state index contributed by atoms with van der Waals surface area (Å²) in [6.07, 6.45) is 22.1. The molecule has 0 saturated heterocycles. The molecule has 0 spiro atoms. The molecule has 1 unspecified atom stereocenters. The van der Waals surface area contributed by atoms with Gasteiger partial charge in [-0.25, -0.2) is 4.98 Å². The number of hydrogen-bond acceptors (Lipinski definition) is 3. The zero-order chi connectivity index (χ0) is 47.7. The molecule has 0 amide bonds. The molecule has 1 aliphatic carbocycles. The highest BCUT2D eigenvalue weighted by molar-refractivity contribution is 6.06. The number of anilines is 1. The molecule has 70 heavy (non-hydrogen) atoms. The Labute approximate surface area is 412 Å². The minimum atomic E-state index is -0.0643. The van der Waals surface area contributed by atoms with Crippen LogP contribution < -0.4 is 4.90 Å². The Bertz CT molecular complexity index is 3630. The van der Waals surface area contributed by atoms with Crippen molar-refractivity contribution in [2.75, 3.05) is 4.90 Å². The van der Waals surface area contributed by atoms with Gasteiger partial charge in [0.2, 0.25) is 5.71 Å². The zero-order valence-corrected chi connectivity index (χ0v) is 40.7. The summed E-state index contributed by atoms with van der Waals surface area (Å²) in [5.74, 6) is 4.19. The number of nitrogens with zero attached hydrogens (tertiary/aromatic N) is 3. The van der Waals surface area contributed by atoms with E-state index in [2.05, 4.69) is 230 Å². The molecule has 4 heteroatoms. The van der Waals surface area contributed by atoms with E-state index in [1.807, 2.05) is 20.0 Å². The lowest BCUT2D eigenvalue weighted by atomic mass is 9.77. The summed E-state index contributed by atoms with van der Waals surface area (Å²) >= 11 is 0. The molecule has 12 rings (SSSR count). The lowest BCUT2D eigenvalue weighted by Gasteiger charge is -2.27. The van der Waals surface area contributed by atoms with Gasteiger partial charge in [0.15, 0.2) is 0 Å². The molecule has 342 valence electrons. The van der Waals surface area contributed by atoms with Crippen LogP contribution in [0.5, 0.6) is 0 Å². The topological polar surface area (TPSA) is 34.2 Å². The van der Waals surface area contributed by atoms with Crippen molar-refractivity contribution >= 4 is 33.3 Å². The number of aromatic nitrogens is 2. The molecule has 2 aromatic heterocycles. The molecule has 1 fully saturated rings. The lowest BCUT2D eigenvalue weighted by molar-refractivity contribution is 0.420. The highest BCUT2D eigenvalue weighted by Crippen LogP contribution is 2.49. The average Bonchev–Trinajstić information content (AvgIpc) is 3.73. The minimum Gasteiger partial charge on any atom is -0.438 e. The highest BCUT2D eigenvalue weighted by Gasteiger charge is 2.31. The number of pyridine rings is 1. The number of hydrogen-bond donors (Lipinski definition) is 0. The van der Waals surface area contributed by atoms with Gasteiger partial charge in [-0.3, -0.25) is 4.90 Å². The first-order valence-corrected chi connectivity index (χ1v) is 25.1. The predicted molar refractivity (Wildman–Crippen MR) is 295 cm³/mol. The van der Waals surface area contributed by atoms with Crippen LogP contribution in [0.3, 0.4) is 0 Å². The second-order valence-electron chi connectivity index (χ2n) is 18.3. The third-order valence-electron chi connectivity index (χ3n) is 14.1. The van der Waals surface area contributed by atoms with Crippen LogP contribution in [0.2, 0.25) is 0 Å². The van der Waals surface area contributed by atoms with Crippen LogP contribution in [-0.4, -0.2) is 9.55 Å². The fourth-order valence-electron chi connectivity index (χ4n) is 10.2. The molecule has 1 saturated carbocycles. The molecular formula is C66H57N3O. The van der Waals surface area contributed by atoms with Gasteiger partial charge in [-0.1, -0.05) is 154 Å². The molecule has 0 N–H and O–H groups in total. The van der Waals surface area contributed by atoms with Crippen molar-refractivity contribution in [3.63, 3.8) is 0 Å². The van der Waals surface area contributed by atoms with Crippen LogP contribution in [0.4, 0.5) is 5.69 Å². The van der Waals surface area contributed by atoms with E-state index >= 15 is 0 Å². The normalized spacial score (nSPS) is 15.2. The second kappa shape index (κ2) is 19.1. The summed E-state index contributed by atoms with van der Waals surface area (Å²) < 4.78 is 8.68. The van der Waals surface area contributed by atoms with Crippen molar-refractivity contribution in [3.8, 4) is 73.4 Å². The third-order valence-corrected chi connectivity index (χ3v) is 14.1. The van der Waals surface area contributed by atoms with Crippen molar-refractivity contribution in [2.24, 2.45) is 0 Å². The first-order valence-electron chi connectivity index (χ1n) is 25.1. The summed E-state index contributed by atoms with van der Waals surface area (Å²) in [4.78, 5) is 6.99. The maximum Gasteiger partial charge on any atom is 0.227 e. The summed E-state index contributed by atoms with van der Waals surface area (Å²) in [5, 5.41) is 2.05. The van der Waals surface area contributed by atoms with Gasteiger partial charge in [-0.15, -0.1) is 0 Å². The molecule has 8 aromatic rings. The quantitative estimate of drug-likeness (QED) is 0.0905. The van der Waals surface area contributed by atoms with E-state index in [0.29, 0.717) is 11.6 Å². The van der Waals surface area contributed by atoms with Crippen molar-refractivity contribution in [3.05, 3.63) is 217 Å². The van der Waals surface area contributed by atoms with Crippen LogP contribution in [-0.2, 0) is 0 Å². The Kier molecular flexibility index (Phi) is 12.1. The van der Waals surface area contributed by atoms with Crippen molar-refractivity contribution in [1.29, 1.82) is 0 Å². The Hall–Kier alpha value is -8.13. The van der Waals surface area contributed by atoms with Crippen LogP contribution in [0.25, 0.3) is 89.1 Å². The Morgan fingerprint density at radius 1 is 0.671 bits per heavy atom. The van der Waals surface area contributed by atoms with Crippen LogP contribution >= 0.6 is 0 Å². The number of benzene rings is 6. The molecule has 1 atom stereocenters. The molecule has 4 aliphatic rings. The molecule has 4 nitrogen and oxygen atoms in total. The monoisotopic (exact) mass is 907 g/mol. The summed E-state index contributed by atoms with van der Waals surface area (Å²) in [6.45, 7) is 10.3. The molecular weight excluding hydrogens is 851 g/mol. The standard InChI is InChI=1S/C64H51N3O.C2H6/c1-4-7-23-54(6-3)66-32-30-52(56-24-8-9-25-60(56)66)37-43(14-5-2)44-17-13-22-49(36-44)53-40-59-57-38-51(27-29-62(57)68-64(59)65-41-53)48-21-12-19-46(35-48)45-18-11-20-47(34-45)50-26-28-55(42-15-10-16-42)58(39-50)63-61-31-33-67(61)63;1-2/h5-9,11-14,17-29,31,33-42,52H,4,10,15-16H2,1-3H3;1-2H3/b14-5-,23-7-,43-37+,54-6+;. The Morgan fingerprint density at radius 3 is 2.01 bits per heavy atom. The van der Waals surface area contributed by atoms with E-state index in [0.717, 1.165) is 67.6 Å². The van der Waals surface area contributed by atoms with Gasteiger partial charge in [0, 0.05) is 46.0 Å². The number of rotatable bonds is 12. The third kappa shape index (κ3) is 8.22. The van der Waals surface area contributed by atoms with Gasteiger partial charge < -0.3 is 8.98 Å². The maximum atomic E-state index is 6.35. The number of furan rings is 1. The number of para-hydroxylation sites is 1. The summed E-state index contributed by atoms with van der Waals surface area (Å²) in [5.41, 5.74) is 22.1. The summed E-state index contributed by atoms with van der Waals surface area (Å²) in [7, 11) is 0. The van der Waals surface area contributed by atoms with E-state index in [4.69, 9.17) is 9.40 Å². The van der Waals surface area contributed by atoms with E-state index in [1.165, 1.54) is 69.6 Å². The SMILES string of the molecule is C/C=C\C(=C/C1C#CN(C(/C=C\CC)=C/C)c2ccccc21)c1cccc(-c2cnc3oc4ccc(-c5cccc(-c6cccc(-c7ccc(C8CCC8)c(-c8c9ccn8-9)c7)c6)c5)cc4c3c2)c1.CC. The number of fused-ring (bicyclic) bond motifs is 5.